The Bertz CT molecular complexity index is 513. The molecule has 6 nitrogen and oxygen atoms in total. The number of carbonyl (C=O) groups excluding carboxylic acids is 3. The SMILES string of the molecule is Nc1ccccc1C(=O)NC1CCC(=O)NC1=O. The summed E-state index contributed by atoms with van der Waals surface area (Å²) in [6, 6.07) is 5.92. The summed E-state index contributed by atoms with van der Waals surface area (Å²) >= 11 is 0. The molecule has 1 fully saturated rings. The van der Waals surface area contributed by atoms with Crippen LogP contribution in [0.4, 0.5) is 5.69 Å². The molecule has 1 atom stereocenters. The standard InChI is InChI=1S/C12H13N3O3/c13-8-4-2-1-3-7(8)11(17)14-9-5-6-10(16)15-12(9)18/h1-4,9H,5-6,13H2,(H,14,17)(H,15,16,18). The van der Waals surface area contributed by atoms with Crippen LogP contribution in [0.25, 0.3) is 0 Å². The van der Waals surface area contributed by atoms with Gasteiger partial charge in [-0.1, -0.05) is 12.1 Å². The minimum absolute atomic E-state index is 0.223. The van der Waals surface area contributed by atoms with Crippen molar-refractivity contribution in [3.63, 3.8) is 0 Å². The Morgan fingerprint density at radius 2 is 2.06 bits per heavy atom. The summed E-state index contributed by atoms with van der Waals surface area (Å²) in [4.78, 5) is 34.3. The zero-order chi connectivity index (χ0) is 13.1. The fourth-order valence-electron chi connectivity index (χ4n) is 1.77. The second-order valence-corrected chi connectivity index (χ2v) is 4.06. The van der Waals surface area contributed by atoms with Crippen LogP contribution >= 0.6 is 0 Å². The molecule has 0 bridgehead atoms. The molecule has 1 aromatic rings. The number of hydrogen-bond donors (Lipinski definition) is 3. The number of carbonyl (C=O) groups is 3. The van der Waals surface area contributed by atoms with E-state index in [0.717, 1.165) is 0 Å². The first-order valence-electron chi connectivity index (χ1n) is 5.57. The minimum atomic E-state index is -0.685. The molecule has 1 saturated heterocycles. The van der Waals surface area contributed by atoms with Crippen molar-refractivity contribution in [3.8, 4) is 0 Å². The smallest absolute Gasteiger partial charge is 0.254 e. The number of nitrogens with two attached hydrogens (primary N) is 1. The van der Waals surface area contributed by atoms with E-state index in [1.807, 2.05) is 0 Å². The predicted molar refractivity (Wildman–Crippen MR) is 64.5 cm³/mol. The maximum Gasteiger partial charge on any atom is 0.254 e. The highest BCUT2D eigenvalue weighted by atomic mass is 16.2. The zero-order valence-corrected chi connectivity index (χ0v) is 9.60. The Balaban J connectivity index is 2.06. The van der Waals surface area contributed by atoms with Gasteiger partial charge in [0.25, 0.3) is 5.91 Å². The number of nitrogens with one attached hydrogen (secondary N) is 2. The molecule has 0 aromatic heterocycles. The molecule has 94 valence electrons. The average molecular weight is 247 g/mol. The Labute approximate surface area is 104 Å². The van der Waals surface area contributed by atoms with E-state index in [1.165, 1.54) is 0 Å². The normalized spacial score (nSPS) is 19.2. The highest BCUT2D eigenvalue weighted by molar-refractivity contribution is 6.05. The van der Waals surface area contributed by atoms with Gasteiger partial charge in [0, 0.05) is 12.1 Å². The third-order valence-corrected chi connectivity index (χ3v) is 2.75. The Hall–Kier alpha value is -2.37. The largest absolute Gasteiger partial charge is 0.398 e. The van der Waals surface area contributed by atoms with E-state index < -0.39 is 17.9 Å². The average Bonchev–Trinajstić information content (AvgIpc) is 2.33. The van der Waals surface area contributed by atoms with Crippen LogP contribution in [0.15, 0.2) is 24.3 Å². The van der Waals surface area contributed by atoms with E-state index in [2.05, 4.69) is 10.6 Å². The molecule has 0 aliphatic carbocycles. The quantitative estimate of drug-likeness (QED) is 0.497. The maximum atomic E-state index is 11.9. The van der Waals surface area contributed by atoms with E-state index in [-0.39, 0.29) is 12.3 Å². The number of rotatable bonds is 2. The Morgan fingerprint density at radius 1 is 1.33 bits per heavy atom. The van der Waals surface area contributed by atoms with Crippen molar-refractivity contribution in [1.29, 1.82) is 0 Å². The first kappa shape index (κ1) is 12.1. The summed E-state index contributed by atoms with van der Waals surface area (Å²) in [6.45, 7) is 0. The molecule has 0 spiro atoms. The molecule has 18 heavy (non-hydrogen) atoms. The highest BCUT2D eigenvalue weighted by Gasteiger charge is 2.28. The number of benzene rings is 1. The van der Waals surface area contributed by atoms with Gasteiger partial charge in [-0.15, -0.1) is 0 Å². The van der Waals surface area contributed by atoms with Crippen LogP contribution in [0.5, 0.6) is 0 Å². The molecule has 1 aromatic carbocycles. The van der Waals surface area contributed by atoms with E-state index >= 15 is 0 Å². The molecule has 1 aliphatic rings. The van der Waals surface area contributed by atoms with Crippen molar-refractivity contribution in [2.75, 3.05) is 5.73 Å². The van der Waals surface area contributed by atoms with Crippen molar-refractivity contribution < 1.29 is 14.4 Å². The second-order valence-electron chi connectivity index (χ2n) is 4.06. The van der Waals surface area contributed by atoms with E-state index in [9.17, 15) is 14.4 Å². The predicted octanol–water partition coefficient (Wildman–Crippen LogP) is -0.196. The summed E-state index contributed by atoms with van der Waals surface area (Å²) in [7, 11) is 0. The summed E-state index contributed by atoms with van der Waals surface area (Å²) in [6.07, 6.45) is 0.532. The van der Waals surface area contributed by atoms with Gasteiger partial charge in [-0.2, -0.15) is 0 Å². The fraction of sp³-hybridized carbons (Fsp3) is 0.250. The van der Waals surface area contributed by atoms with Crippen LogP contribution in [0.2, 0.25) is 0 Å². The van der Waals surface area contributed by atoms with E-state index in [4.69, 9.17) is 5.73 Å². The van der Waals surface area contributed by atoms with Gasteiger partial charge in [-0.3, -0.25) is 19.7 Å². The maximum absolute atomic E-state index is 11.9. The van der Waals surface area contributed by atoms with Crippen molar-refractivity contribution in [2.45, 2.75) is 18.9 Å². The minimum Gasteiger partial charge on any atom is -0.398 e. The molecule has 2 rings (SSSR count). The molecule has 1 aliphatic heterocycles. The van der Waals surface area contributed by atoms with Crippen LogP contribution in [0.3, 0.4) is 0 Å². The highest BCUT2D eigenvalue weighted by Crippen LogP contribution is 2.12. The van der Waals surface area contributed by atoms with Crippen molar-refractivity contribution in [2.24, 2.45) is 0 Å². The van der Waals surface area contributed by atoms with Gasteiger partial charge >= 0.3 is 0 Å². The summed E-state index contributed by atoms with van der Waals surface area (Å²) in [5.74, 6) is -1.21. The number of anilines is 1. The molecule has 1 unspecified atom stereocenters. The number of nitrogen functional groups attached to an aromatic ring is 1. The Morgan fingerprint density at radius 3 is 2.72 bits per heavy atom. The van der Waals surface area contributed by atoms with Gasteiger partial charge in [-0.25, -0.2) is 0 Å². The van der Waals surface area contributed by atoms with Gasteiger partial charge in [0.15, 0.2) is 0 Å². The second kappa shape index (κ2) is 4.87. The van der Waals surface area contributed by atoms with Gasteiger partial charge in [0.05, 0.1) is 5.56 Å². The molecule has 6 heteroatoms. The van der Waals surface area contributed by atoms with Crippen molar-refractivity contribution in [3.05, 3.63) is 29.8 Å². The first-order valence-corrected chi connectivity index (χ1v) is 5.57. The lowest BCUT2D eigenvalue weighted by molar-refractivity contribution is -0.134. The number of hydrogen-bond acceptors (Lipinski definition) is 4. The molecule has 4 N–H and O–H groups in total. The van der Waals surface area contributed by atoms with E-state index in [1.54, 1.807) is 24.3 Å². The summed E-state index contributed by atoms with van der Waals surface area (Å²) in [5, 5.41) is 4.74. The van der Waals surface area contributed by atoms with Crippen LogP contribution < -0.4 is 16.4 Å². The van der Waals surface area contributed by atoms with E-state index in [0.29, 0.717) is 17.7 Å². The topological polar surface area (TPSA) is 101 Å². The molecular weight excluding hydrogens is 234 g/mol. The summed E-state index contributed by atoms with van der Waals surface area (Å²) in [5.41, 5.74) is 6.34. The zero-order valence-electron chi connectivity index (χ0n) is 9.60. The molecule has 0 saturated carbocycles. The van der Waals surface area contributed by atoms with Crippen LogP contribution in [0.1, 0.15) is 23.2 Å². The number of amides is 3. The lowest BCUT2D eigenvalue weighted by Crippen LogP contribution is -2.52. The van der Waals surface area contributed by atoms with Crippen LogP contribution in [0, 0.1) is 0 Å². The summed E-state index contributed by atoms with van der Waals surface area (Å²) < 4.78 is 0. The molecule has 0 radical (unpaired) electrons. The van der Waals surface area contributed by atoms with Gasteiger partial charge in [0.2, 0.25) is 11.8 Å². The van der Waals surface area contributed by atoms with Gasteiger partial charge < -0.3 is 11.1 Å². The third-order valence-electron chi connectivity index (χ3n) is 2.75. The lowest BCUT2D eigenvalue weighted by atomic mass is 10.1. The number of imide groups is 1. The van der Waals surface area contributed by atoms with Gasteiger partial charge in [0.1, 0.15) is 6.04 Å². The molecule has 1 heterocycles. The number of para-hydroxylation sites is 1. The first-order chi connectivity index (χ1) is 8.58. The Kier molecular flexibility index (Phi) is 3.27. The molecular formula is C12H13N3O3. The fourth-order valence-corrected chi connectivity index (χ4v) is 1.77. The lowest BCUT2D eigenvalue weighted by Gasteiger charge is -2.22. The molecule has 3 amide bonds. The number of piperidine rings is 1. The van der Waals surface area contributed by atoms with Crippen molar-refractivity contribution >= 4 is 23.4 Å². The van der Waals surface area contributed by atoms with Crippen LogP contribution in [-0.2, 0) is 9.59 Å². The monoisotopic (exact) mass is 247 g/mol. The van der Waals surface area contributed by atoms with Crippen molar-refractivity contribution in [1.82, 2.24) is 10.6 Å². The van der Waals surface area contributed by atoms with Crippen LogP contribution in [-0.4, -0.2) is 23.8 Å². The third kappa shape index (κ3) is 2.48. The van der Waals surface area contributed by atoms with Gasteiger partial charge in [-0.05, 0) is 18.6 Å².